The Bertz CT molecular complexity index is 662. The van der Waals surface area contributed by atoms with Crippen molar-refractivity contribution in [2.24, 2.45) is 0 Å². The van der Waals surface area contributed by atoms with E-state index in [-0.39, 0.29) is 34.8 Å². The summed E-state index contributed by atoms with van der Waals surface area (Å²) in [5, 5.41) is 26.9. The molecule has 7 nitrogen and oxygen atoms in total. The molecule has 1 aromatic rings. The number of nitriles is 3. The largest absolute Gasteiger partial charge is 0.462 e. The first kappa shape index (κ1) is 14.9. The Morgan fingerprint density at radius 1 is 1.40 bits per heavy atom. The van der Waals surface area contributed by atoms with Gasteiger partial charge in [0.1, 0.15) is 11.9 Å². The van der Waals surface area contributed by atoms with Crippen molar-refractivity contribution in [3.63, 3.8) is 0 Å². The molecular formula is C13H11N5O2. The Kier molecular flexibility index (Phi) is 4.61. The van der Waals surface area contributed by atoms with Gasteiger partial charge in [-0.25, -0.2) is 9.78 Å². The second-order valence-corrected chi connectivity index (χ2v) is 3.78. The van der Waals surface area contributed by atoms with Crippen molar-refractivity contribution in [1.82, 2.24) is 4.98 Å². The van der Waals surface area contributed by atoms with Gasteiger partial charge in [-0.1, -0.05) is 0 Å². The molecule has 0 fully saturated rings. The minimum absolute atomic E-state index is 0.0337. The van der Waals surface area contributed by atoms with E-state index < -0.39 is 11.9 Å². The number of hydrogen-bond acceptors (Lipinski definition) is 7. The van der Waals surface area contributed by atoms with Crippen molar-refractivity contribution in [2.45, 2.75) is 19.8 Å². The van der Waals surface area contributed by atoms with Gasteiger partial charge in [0, 0.05) is 0 Å². The van der Waals surface area contributed by atoms with Gasteiger partial charge in [-0.15, -0.1) is 0 Å². The molecule has 1 aromatic heterocycles. The quantitative estimate of drug-likeness (QED) is 0.812. The summed E-state index contributed by atoms with van der Waals surface area (Å²) in [6, 6.07) is 5.30. The van der Waals surface area contributed by atoms with E-state index in [1.54, 1.807) is 19.1 Å². The zero-order chi connectivity index (χ0) is 15.3. The highest BCUT2D eigenvalue weighted by Gasteiger charge is 2.27. The molecular weight excluding hydrogens is 258 g/mol. The molecule has 1 rings (SSSR count). The molecule has 0 radical (unpaired) electrons. The van der Waals surface area contributed by atoms with Crippen LogP contribution in [0.15, 0.2) is 0 Å². The number of aromatic nitrogens is 1. The molecule has 0 bridgehead atoms. The molecule has 2 N–H and O–H groups in total. The minimum Gasteiger partial charge on any atom is -0.462 e. The molecule has 0 aromatic carbocycles. The minimum atomic E-state index is -1.26. The van der Waals surface area contributed by atoms with Gasteiger partial charge in [-0.2, -0.15) is 15.8 Å². The molecule has 100 valence electrons. The fraction of sp³-hybridized carbons (Fsp3) is 0.308. The highest BCUT2D eigenvalue weighted by molar-refractivity contribution is 5.94. The number of nitrogens with zero attached hydrogens (tertiary/aromatic N) is 4. The van der Waals surface area contributed by atoms with Crippen LogP contribution in [0.1, 0.15) is 40.0 Å². The summed E-state index contributed by atoms with van der Waals surface area (Å²) in [4.78, 5) is 15.8. The average molecular weight is 269 g/mol. The fourth-order valence-corrected chi connectivity index (χ4v) is 1.71. The van der Waals surface area contributed by atoms with Crippen molar-refractivity contribution < 1.29 is 9.53 Å². The van der Waals surface area contributed by atoms with Crippen LogP contribution in [-0.4, -0.2) is 17.6 Å². The molecule has 0 aliphatic carbocycles. The van der Waals surface area contributed by atoms with Crippen LogP contribution in [0.4, 0.5) is 5.82 Å². The number of ether oxygens (including phenoxy) is 1. The van der Waals surface area contributed by atoms with Gasteiger partial charge < -0.3 is 10.5 Å². The SMILES string of the molecule is CCOC(=O)c1c(C(C#N)C#N)nc(N)c(C#N)c1C. The molecule has 20 heavy (non-hydrogen) atoms. The lowest BCUT2D eigenvalue weighted by atomic mass is 9.96. The van der Waals surface area contributed by atoms with Crippen LogP contribution in [0.25, 0.3) is 0 Å². The standard InChI is InChI=1S/C13H11N5O2/c1-3-20-13(19)10-7(2)9(6-16)12(17)18-11(10)8(4-14)5-15/h8H,3H2,1-2H3,(H2,17,18). The zero-order valence-electron chi connectivity index (χ0n) is 11.0. The van der Waals surface area contributed by atoms with Crippen LogP contribution in [0.5, 0.6) is 0 Å². The molecule has 0 aliphatic rings. The van der Waals surface area contributed by atoms with Crippen LogP contribution < -0.4 is 5.73 Å². The highest BCUT2D eigenvalue weighted by atomic mass is 16.5. The van der Waals surface area contributed by atoms with Gasteiger partial charge in [0.15, 0.2) is 5.92 Å². The van der Waals surface area contributed by atoms with Crippen molar-refractivity contribution >= 4 is 11.8 Å². The highest BCUT2D eigenvalue weighted by Crippen LogP contribution is 2.26. The number of carbonyl (C=O) groups is 1. The Balaban J connectivity index is 3.68. The van der Waals surface area contributed by atoms with Crippen LogP contribution in [0, 0.1) is 40.9 Å². The number of hydrogen-bond donors (Lipinski definition) is 1. The van der Waals surface area contributed by atoms with Crippen LogP contribution >= 0.6 is 0 Å². The van der Waals surface area contributed by atoms with E-state index in [2.05, 4.69) is 4.98 Å². The Morgan fingerprint density at radius 2 is 2.00 bits per heavy atom. The normalized spacial score (nSPS) is 9.40. The number of nitrogens with two attached hydrogens (primary N) is 1. The monoisotopic (exact) mass is 269 g/mol. The Morgan fingerprint density at radius 3 is 2.45 bits per heavy atom. The number of anilines is 1. The second kappa shape index (κ2) is 6.17. The molecule has 0 unspecified atom stereocenters. The van der Waals surface area contributed by atoms with Crippen molar-refractivity contribution in [3.8, 4) is 18.2 Å². The topological polar surface area (TPSA) is 137 Å². The van der Waals surface area contributed by atoms with Gasteiger partial charge in [-0.05, 0) is 19.4 Å². The average Bonchev–Trinajstić information content (AvgIpc) is 2.40. The summed E-state index contributed by atoms with van der Waals surface area (Å²) in [6.07, 6.45) is 0. The summed E-state index contributed by atoms with van der Waals surface area (Å²) in [7, 11) is 0. The van der Waals surface area contributed by atoms with Crippen LogP contribution in [-0.2, 0) is 4.74 Å². The van der Waals surface area contributed by atoms with Gasteiger partial charge in [0.2, 0.25) is 0 Å². The predicted octanol–water partition coefficient (Wildman–Crippen LogP) is 1.15. The Labute approximate surface area is 115 Å². The molecule has 0 saturated carbocycles. The molecule has 0 spiro atoms. The van der Waals surface area contributed by atoms with E-state index in [1.165, 1.54) is 6.92 Å². The van der Waals surface area contributed by atoms with Crippen molar-refractivity contribution in [3.05, 3.63) is 22.4 Å². The van der Waals surface area contributed by atoms with Gasteiger partial charge in [0.05, 0.1) is 35.6 Å². The van der Waals surface area contributed by atoms with E-state index in [0.717, 1.165) is 0 Å². The van der Waals surface area contributed by atoms with Crippen LogP contribution in [0.3, 0.4) is 0 Å². The van der Waals surface area contributed by atoms with Gasteiger partial charge in [-0.3, -0.25) is 0 Å². The van der Waals surface area contributed by atoms with E-state index in [0.29, 0.717) is 0 Å². The number of pyridine rings is 1. The first-order valence-corrected chi connectivity index (χ1v) is 5.68. The first-order chi connectivity index (χ1) is 9.51. The van der Waals surface area contributed by atoms with Crippen molar-refractivity contribution in [2.75, 3.05) is 12.3 Å². The molecule has 0 saturated heterocycles. The third-order valence-electron chi connectivity index (χ3n) is 2.63. The van der Waals surface area contributed by atoms with E-state index >= 15 is 0 Å². The fourth-order valence-electron chi connectivity index (χ4n) is 1.71. The smallest absolute Gasteiger partial charge is 0.340 e. The van der Waals surface area contributed by atoms with Crippen LogP contribution in [0.2, 0.25) is 0 Å². The number of nitrogen functional groups attached to an aromatic ring is 1. The maximum absolute atomic E-state index is 12.0. The number of rotatable bonds is 3. The summed E-state index contributed by atoms with van der Waals surface area (Å²) >= 11 is 0. The lowest BCUT2D eigenvalue weighted by Crippen LogP contribution is -2.16. The molecule has 0 atom stereocenters. The van der Waals surface area contributed by atoms with Crippen molar-refractivity contribution in [1.29, 1.82) is 15.8 Å². The molecule has 0 aliphatic heterocycles. The van der Waals surface area contributed by atoms with E-state index in [9.17, 15) is 4.79 Å². The summed E-state index contributed by atoms with van der Waals surface area (Å²) in [5.41, 5.74) is 5.77. The number of carbonyl (C=O) groups excluding carboxylic acids is 1. The summed E-state index contributed by atoms with van der Waals surface area (Å²) in [5.74, 6) is -2.12. The maximum atomic E-state index is 12.0. The zero-order valence-corrected chi connectivity index (χ0v) is 11.0. The second-order valence-electron chi connectivity index (χ2n) is 3.78. The van der Waals surface area contributed by atoms with E-state index in [4.69, 9.17) is 26.3 Å². The lowest BCUT2D eigenvalue weighted by molar-refractivity contribution is 0.0523. The Hall–Kier alpha value is -3.11. The number of esters is 1. The van der Waals surface area contributed by atoms with Gasteiger partial charge >= 0.3 is 5.97 Å². The molecule has 0 amide bonds. The first-order valence-electron chi connectivity index (χ1n) is 5.68. The predicted molar refractivity (Wildman–Crippen MR) is 68.0 cm³/mol. The van der Waals surface area contributed by atoms with E-state index in [1.807, 2.05) is 6.07 Å². The summed E-state index contributed by atoms with van der Waals surface area (Å²) in [6.45, 7) is 3.24. The molecule has 1 heterocycles. The van der Waals surface area contributed by atoms with Gasteiger partial charge in [0.25, 0.3) is 0 Å². The third-order valence-corrected chi connectivity index (χ3v) is 2.63. The lowest BCUT2D eigenvalue weighted by Gasteiger charge is -2.13. The third kappa shape index (κ3) is 2.50. The maximum Gasteiger partial charge on any atom is 0.340 e. The molecule has 7 heteroatoms. The summed E-state index contributed by atoms with van der Waals surface area (Å²) < 4.78 is 4.88.